The molecule has 0 aliphatic heterocycles. The molecular weight excluding hydrogens is 278 g/mol. The molecule has 1 rings (SSSR count). The lowest BCUT2D eigenvalue weighted by atomic mass is 10.0. The van der Waals surface area contributed by atoms with E-state index in [9.17, 15) is 14.9 Å². The summed E-state index contributed by atoms with van der Waals surface area (Å²) in [5.74, 6) is 0. The summed E-state index contributed by atoms with van der Waals surface area (Å²) in [4.78, 5) is 21.7. The molecule has 0 spiro atoms. The second kappa shape index (κ2) is 8.69. The van der Waals surface area contributed by atoms with Gasteiger partial charge in [0.2, 0.25) is 0 Å². The maximum atomic E-state index is 11.1. The topological polar surface area (TPSA) is 60.2 Å². The van der Waals surface area contributed by atoms with Gasteiger partial charge in [-0.2, -0.15) is 0 Å². The molecule has 20 heavy (non-hydrogen) atoms. The molecule has 0 aliphatic rings. The van der Waals surface area contributed by atoms with Gasteiger partial charge in [0.25, 0.3) is 10.9 Å². The Morgan fingerprint density at radius 1 is 1.20 bits per heavy atom. The summed E-state index contributed by atoms with van der Waals surface area (Å²) < 4.78 is 0. The smallest absolute Gasteiger partial charge is 0.272 e. The lowest BCUT2D eigenvalue weighted by Gasteiger charge is -2.05. The van der Waals surface area contributed by atoms with Gasteiger partial charge in [-0.25, -0.2) is 0 Å². The molecule has 0 radical (unpaired) electrons. The quantitative estimate of drug-likeness (QED) is 0.282. The van der Waals surface area contributed by atoms with Gasteiger partial charge in [0.05, 0.1) is 4.92 Å². The number of unbranched alkanes of at least 4 members (excludes halogenated alkanes) is 5. The minimum Gasteiger partial charge on any atom is -0.276 e. The molecule has 110 valence electrons. The molecule has 0 saturated carbocycles. The molecule has 1 aromatic rings. The van der Waals surface area contributed by atoms with Crippen LogP contribution in [-0.4, -0.2) is 10.2 Å². The normalized spacial score (nSPS) is 10.5. The summed E-state index contributed by atoms with van der Waals surface area (Å²) in [5, 5.41) is 10.4. The van der Waals surface area contributed by atoms with Crippen LogP contribution in [0, 0.1) is 10.1 Å². The molecule has 0 saturated heterocycles. The van der Waals surface area contributed by atoms with Gasteiger partial charge in [0, 0.05) is 17.2 Å². The Kier molecular flexibility index (Phi) is 7.23. The number of benzene rings is 1. The number of nitro benzene ring substituents is 1. The number of rotatable bonds is 9. The number of hydrogen-bond donors (Lipinski definition) is 0. The fraction of sp³-hybridized carbons (Fsp3) is 0.533. The van der Waals surface area contributed by atoms with Crippen molar-refractivity contribution in [2.45, 2.75) is 51.9 Å². The fourth-order valence-electron chi connectivity index (χ4n) is 2.18. The van der Waals surface area contributed by atoms with E-state index in [4.69, 9.17) is 11.6 Å². The Hall–Kier alpha value is -1.42. The molecule has 1 aromatic carbocycles. The molecule has 0 bridgehead atoms. The number of hydrogen-bond acceptors (Lipinski definition) is 3. The highest BCUT2D eigenvalue weighted by atomic mass is 35.5. The second-order valence-electron chi connectivity index (χ2n) is 4.89. The van der Waals surface area contributed by atoms with Crippen LogP contribution in [0.15, 0.2) is 18.2 Å². The summed E-state index contributed by atoms with van der Waals surface area (Å²) >= 11 is 5.42. The highest BCUT2D eigenvalue weighted by Gasteiger charge is 2.15. The summed E-state index contributed by atoms with van der Waals surface area (Å²) in [6.07, 6.45) is 7.34. The van der Waals surface area contributed by atoms with Crippen LogP contribution in [0.3, 0.4) is 0 Å². The van der Waals surface area contributed by atoms with E-state index in [-0.39, 0.29) is 5.69 Å². The van der Waals surface area contributed by atoms with Crippen molar-refractivity contribution in [2.75, 3.05) is 0 Å². The molecule has 0 heterocycles. The third-order valence-corrected chi connectivity index (χ3v) is 3.52. The first-order valence-electron chi connectivity index (χ1n) is 7.03. The Balaban J connectivity index is 2.63. The van der Waals surface area contributed by atoms with Gasteiger partial charge in [-0.3, -0.25) is 14.9 Å². The first-order valence-corrected chi connectivity index (χ1v) is 7.41. The van der Waals surface area contributed by atoms with Crippen molar-refractivity contribution in [3.05, 3.63) is 39.4 Å². The molecule has 0 atom stereocenters. The number of halogens is 1. The summed E-state index contributed by atoms with van der Waals surface area (Å²) in [6.45, 7) is 2.16. The summed E-state index contributed by atoms with van der Waals surface area (Å²) in [7, 11) is 0. The van der Waals surface area contributed by atoms with E-state index in [0.717, 1.165) is 19.3 Å². The van der Waals surface area contributed by atoms with Crippen molar-refractivity contribution in [3.8, 4) is 0 Å². The Morgan fingerprint density at radius 2 is 1.85 bits per heavy atom. The average molecular weight is 298 g/mol. The van der Waals surface area contributed by atoms with Gasteiger partial charge < -0.3 is 0 Å². The minimum atomic E-state index is -0.580. The number of nitrogens with zero attached hydrogens (tertiary/aromatic N) is 1. The highest BCUT2D eigenvalue weighted by molar-refractivity contribution is 6.67. The third kappa shape index (κ3) is 5.29. The van der Waals surface area contributed by atoms with E-state index in [1.54, 1.807) is 6.07 Å². The third-order valence-electron chi connectivity index (χ3n) is 3.30. The molecule has 0 aliphatic carbocycles. The monoisotopic (exact) mass is 297 g/mol. The van der Waals surface area contributed by atoms with Gasteiger partial charge in [-0.1, -0.05) is 39.0 Å². The lowest BCUT2D eigenvalue weighted by Crippen LogP contribution is -1.99. The van der Waals surface area contributed by atoms with Gasteiger partial charge in [0.1, 0.15) is 0 Å². The van der Waals surface area contributed by atoms with Crippen LogP contribution in [0.1, 0.15) is 61.4 Å². The molecule has 0 amide bonds. The molecule has 0 N–H and O–H groups in total. The molecular formula is C15H20ClNO3. The minimum absolute atomic E-state index is 0.0697. The van der Waals surface area contributed by atoms with E-state index >= 15 is 0 Å². The van der Waals surface area contributed by atoms with Crippen LogP contribution >= 0.6 is 11.6 Å². The number of carbonyl (C=O) groups is 1. The van der Waals surface area contributed by atoms with Gasteiger partial charge in [0.15, 0.2) is 0 Å². The zero-order valence-electron chi connectivity index (χ0n) is 11.7. The number of aryl methyl sites for hydroxylation is 1. The van der Waals surface area contributed by atoms with Gasteiger partial charge in [-0.05, 0) is 36.6 Å². The highest BCUT2D eigenvalue weighted by Crippen LogP contribution is 2.23. The van der Waals surface area contributed by atoms with Crippen molar-refractivity contribution >= 4 is 22.5 Å². The molecule has 0 fully saturated rings. The Labute approximate surface area is 124 Å². The van der Waals surface area contributed by atoms with Crippen LogP contribution in [0.5, 0.6) is 0 Å². The zero-order chi connectivity index (χ0) is 15.0. The van der Waals surface area contributed by atoms with Crippen molar-refractivity contribution < 1.29 is 9.72 Å². The maximum Gasteiger partial charge on any atom is 0.272 e. The first-order chi connectivity index (χ1) is 9.56. The van der Waals surface area contributed by atoms with Crippen LogP contribution in [0.2, 0.25) is 0 Å². The van der Waals surface area contributed by atoms with Crippen LogP contribution in [-0.2, 0) is 6.42 Å². The fourth-order valence-corrected chi connectivity index (χ4v) is 2.30. The van der Waals surface area contributed by atoms with E-state index in [2.05, 4.69) is 6.92 Å². The van der Waals surface area contributed by atoms with Crippen LogP contribution in [0.25, 0.3) is 0 Å². The SMILES string of the molecule is CCCCCCCCc1cc(C(=O)Cl)ccc1[N+](=O)[O-]. The Bertz CT molecular complexity index is 474. The van der Waals surface area contributed by atoms with Crippen LogP contribution in [0.4, 0.5) is 5.69 Å². The van der Waals surface area contributed by atoms with E-state index < -0.39 is 10.2 Å². The van der Waals surface area contributed by atoms with Gasteiger partial charge in [-0.15, -0.1) is 0 Å². The average Bonchev–Trinajstić information content (AvgIpc) is 2.42. The molecule has 4 nitrogen and oxygen atoms in total. The van der Waals surface area contributed by atoms with Crippen molar-refractivity contribution in [2.24, 2.45) is 0 Å². The summed E-state index contributed by atoms with van der Waals surface area (Å²) in [6, 6.07) is 4.31. The van der Waals surface area contributed by atoms with Crippen molar-refractivity contribution in [1.82, 2.24) is 0 Å². The first kappa shape index (κ1) is 16.6. The number of carbonyl (C=O) groups excluding carboxylic acids is 1. The second-order valence-corrected chi connectivity index (χ2v) is 5.24. The molecule has 0 unspecified atom stereocenters. The predicted molar refractivity (Wildman–Crippen MR) is 80.4 cm³/mol. The van der Waals surface area contributed by atoms with Crippen molar-refractivity contribution in [3.63, 3.8) is 0 Å². The standard InChI is InChI=1S/C15H20ClNO3/c1-2-3-4-5-6-7-8-12-11-13(15(16)18)9-10-14(12)17(19)20/h9-11H,2-8H2,1H3. The van der Waals surface area contributed by atoms with Crippen molar-refractivity contribution in [1.29, 1.82) is 0 Å². The molecule has 5 heteroatoms. The summed E-state index contributed by atoms with van der Waals surface area (Å²) in [5.41, 5.74) is 0.982. The maximum absolute atomic E-state index is 11.1. The van der Waals surface area contributed by atoms with Crippen LogP contribution < -0.4 is 0 Å². The lowest BCUT2D eigenvalue weighted by molar-refractivity contribution is -0.385. The molecule has 0 aromatic heterocycles. The number of nitro groups is 1. The van der Waals surface area contributed by atoms with E-state index in [0.29, 0.717) is 17.5 Å². The largest absolute Gasteiger partial charge is 0.276 e. The predicted octanol–water partition coefficient (Wildman–Crippen LogP) is 4.88. The van der Waals surface area contributed by atoms with Gasteiger partial charge >= 0.3 is 0 Å². The van der Waals surface area contributed by atoms with E-state index in [1.165, 1.54) is 31.4 Å². The Morgan fingerprint density at radius 3 is 2.45 bits per heavy atom. The van der Waals surface area contributed by atoms with E-state index in [1.807, 2.05) is 0 Å². The zero-order valence-corrected chi connectivity index (χ0v) is 12.5.